The maximum Gasteiger partial charge on any atom is 0.253 e. The van der Waals surface area contributed by atoms with E-state index in [9.17, 15) is 14.0 Å². The zero-order chi connectivity index (χ0) is 18.4. The SMILES string of the molecule is CCC(CC)(CN)C(=O)N1CCCN(C(=O)c2ccc(F)cc2)CC1.Cl. The molecule has 0 unspecified atom stereocenters. The third-order valence-corrected chi connectivity index (χ3v) is 5.36. The average molecular weight is 386 g/mol. The number of nitrogens with zero attached hydrogens (tertiary/aromatic N) is 2. The van der Waals surface area contributed by atoms with Crippen LogP contribution in [-0.2, 0) is 4.79 Å². The molecule has 7 heteroatoms. The number of amides is 2. The lowest BCUT2D eigenvalue weighted by molar-refractivity contribution is -0.142. The Balaban J connectivity index is 0.00000338. The Hall–Kier alpha value is -1.66. The van der Waals surface area contributed by atoms with E-state index < -0.39 is 5.41 Å². The second-order valence-electron chi connectivity index (χ2n) is 6.64. The average Bonchev–Trinajstić information content (AvgIpc) is 2.89. The molecule has 0 saturated carbocycles. The molecule has 5 nitrogen and oxygen atoms in total. The van der Waals surface area contributed by atoms with E-state index >= 15 is 0 Å². The van der Waals surface area contributed by atoms with Gasteiger partial charge in [0.25, 0.3) is 5.91 Å². The highest BCUT2D eigenvalue weighted by molar-refractivity contribution is 5.94. The number of halogens is 2. The number of hydrogen-bond donors (Lipinski definition) is 1. The van der Waals surface area contributed by atoms with Gasteiger partial charge in [0.1, 0.15) is 5.82 Å². The summed E-state index contributed by atoms with van der Waals surface area (Å²) >= 11 is 0. The summed E-state index contributed by atoms with van der Waals surface area (Å²) in [4.78, 5) is 29.1. The number of benzene rings is 1. The molecule has 2 rings (SSSR count). The van der Waals surface area contributed by atoms with Crippen LogP contribution < -0.4 is 5.73 Å². The molecule has 1 aliphatic rings. The van der Waals surface area contributed by atoms with Crippen molar-refractivity contribution in [2.75, 3.05) is 32.7 Å². The van der Waals surface area contributed by atoms with E-state index in [2.05, 4.69) is 0 Å². The molecule has 146 valence electrons. The molecule has 2 N–H and O–H groups in total. The first kappa shape index (κ1) is 22.4. The predicted molar refractivity (Wildman–Crippen MR) is 103 cm³/mol. The standard InChI is InChI=1S/C19H28FN3O2.ClH/c1-3-19(4-2,14-21)18(25)23-11-5-10-22(12-13-23)17(24)15-6-8-16(20)9-7-15;/h6-9H,3-5,10-14,21H2,1-2H3;1H. The van der Waals surface area contributed by atoms with Crippen LogP contribution in [0.1, 0.15) is 43.5 Å². The molecule has 1 aliphatic heterocycles. The summed E-state index contributed by atoms with van der Waals surface area (Å²) in [6.07, 6.45) is 2.16. The van der Waals surface area contributed by atoms with E-state index in [4.69, 9.17) is 5.73 Å². The van der Waals surface area contributed by atoms with Crippen LogP contribution in [0.15, 0.2) is 24.3 Å². The number of rotatable bonds is 5. The smallest absolute Gasteiger partial charge is 0.253 e. The lowest BCUT2D eigenvalue weighted by Crippen LogP contribution is -2.48. The van der Waals surface area contributed by atoms with Crippen molar-refractivity contribution in [1.82, 2.24) is 9.80 Å². The third kappa shape index (κ3) is 4.74. The van der Waals surface area contributed by atoms with Crippen molar-refractivity contribution >= 4 is 24.2 Å². The first-order valence-electron chi connectivity index (χ1n) is 9.01. The summed E-state index contributed by atoms with van der Waals surface area (Å²) in [6.45, 7) is 6.55. The zero-order valence-electron chi connectivity index (χ0n) is 15.5. The normalized spacial score (nSPS) is 15.2. The van der Waals surface area contributed by atoms with Crippen LogP contribution in [0.2, 0.25) is 0 Å². The van der Waals surface area contributed by atoms with E-state index in [1.165, 1.54) is 24.3 Å². The zero-order valence-corrected chi connectivity index (χ0v) is 16.4. The number of hydrogen-bond acceptors (Lipinski definition) is 3. The first-order chi connectivity index (χ1) is 12.0. The topological polar surface area (TPSA) is 66.6 Å². The van der Waals surface area contributed by atoms with Gasteiger partial charge >= 0.3 is 0 Å². The molecule has 1 heterocycles. The second kappa shape index (κ2) is 9.88. The maximum atomic E-state index is 13.0. The van der Waals surface area contributed by atoms with Gasteiger partial charge in [0.2, 0.25) is 5.91 Å². The Kier molecular flexibility index (Phi) is 8.50. The van der Waals surface area contributed by atoms with Crippen molar-refractivity contribution in [3.63, 3.8) is 0 Å². The van der Waals surface area contributed by atoms with Gasteiger partial charge in [-0.2, -0.15) is 0 Å². The van der Waals surface area contributed by atoms with Gasteiger partial charge in [0, 0.05) is 38.3 Å². The summed E-state index contributed by atoms with van der Waals surface area (Å²) < 4.78 is 13.0. The summed E-state index contributed by atoms with van der Waals surface area (Å²) in [5, 5.41) is 0. The Morgan fingerprint density at radius 2 is 1.58 bits per heavy atom. The molecule has 1 aromatic rings. The lowest BCUT2D eigenvalue weighted by atomic mass is 9.81. The molecule has 1 aromatic carbocycles. The number of carbonyl (C=O) groups is 2. The molecule has 0 spiro atoms. The highest BCUT2D eigenvalue weighted by Gasteiger charge is 2.37. The largest absolute Gasteiger partial charge is 0.340 e. The lowest BCUT2D eigenvalue weighted by Gasteiger charge is -2.34. The van der Waals surface area contributed by atoms with Gasteiger partial charge in [-0.3, -0.25) is 9.59 Å². The van der Waals surface area contributed by atoms with Gasteiger partial charge in [-0.05, 0) is 43.5 Å². The minimum Gasteiger partial charge on any atom is -0.340 e. The van der Waals surface area contributed by atoms with Crippen LogP contribution in [0, 0.1) is 11.2 Å². The van der Waals surface area contributed by atoms with Crippen LogP contribution in [0.3, 0.4) is 0 Å². The second-order valence-corrected chi connectivity index (χ2v) is 6.64. The van der Waals surface area contributed by atoms with E-state index in [-0.39, 0.29) is 30.0 Å². The van der Waals surface area contributed by atoms with Crippen LogP contribution in [-0.4, -0.2) is 54.3 Å². The molecular weight excluding hydrogens is 357 g/mol. The molecule has 0 radical (unpaired) electrons. The Morgan fingerprint density at radius 1 is 1.04 bits per heavy atom. The van der Waals surface area contributed by atoms with E-state index in [0.717, 1.165) is 6.42 Å². The molecule has 26 heavy (non-hydrogen) atoms. The van der Waals surface area contributed by atoms with Crippen molar-refractivity contribution in [2.24, 2.45) is 11.1 Å². The highest BCUT2D eigenvalue weighted by Crippen LogP contribution is 2.28. The Bertz CT molecular complexity index is 597. The fourth-order valence-electron chi connectivity index (χ4n) is 3.36. The van der Waals surface area contributed by atoms with Crippen LogP contribution >= 0.6 is 12.4 Å². The van der Waals surface area contributed by atoms with E-state index in [1.54, 1.807) is 4.90 Å². The predicted octanol–water partition coefficient (Wildman–Crippen LogP) is 2.69. The Labute approximate surface area is 161 Å². The van der Waals surface area contributed by atoms with Gasteiger partial charge in [-0.15, -0.1) is 12.4 Å². The van der Waals surface area contributed by atoms with Crippen molar-refractivity contribution in [1.29, 1.82) is 0 Å². The van der Waals surface area contributed by atoms with Gasteiger partial charge in [0.15, 0.2) is 0 Å². The highest BCUT2D eigenvalue weighted by atomic mass is 35.5. The van der Waals surface area contributed by atoms with Gasteiger partial charge in [-0.1, -0.05) is 13.8 Å². The summed E-state index contributed by atoms with van der Waals surface area (Å²) in [6, 6.07) is 5.58. The molecule has 2 amide bonds. The molecule has 0 aromatic heterocycles. The minimum atomic E-state index is -0.504. The number of carbonyl (C=O) groups excluding carboxylic acids is 2. The minimum absolute atomic E-state index is 0. The fourth-order valence-corrected chi connectivity index (χ4v) is 3.36. The van der Waals surface area contributed by atoms with Gasteiger partial charge in [0.05, 0.1) is 5.41 Å². The van der Waals surface area contributed by atoms with Crippen LogP contribution in [0.5, 0.6) is 0 Å². The van der Waals surface area contributed by atoms with Crippen molar-refractivity contribution in [2.45, 2.75) is 33.1 Å². The van der Waals surface area contributed by atoms with Gasteiger partial charge < -0.3 is 15.5 Å². The monoisotopic (exact) mass is 385 g/mol. The van der Waals surface area contributed by atoms with Gasteiger partial charge in [-0.25, -0.2) is 4.39 Å². The van der Waals surface area contributed by atoms with Crippen molar-refractivity contribution in [3.8, 4) is 0 Å². The summed E-state index contributed by atoms with van der Waals surface area (Å²) in [5.74, 6) is -0.386. The molecule has 0 aliphatic carbocycles. The quantitative estimate of drug-likeness (QED) is 0.847. The fraction of sp³-hybridized carbons (Fsp3) is 0.579. The summed E-state index contributed by atoms with van der Waals surface area (Å²) in [5.41, 5.74) is 5.86. The van der Waals surface area contributed by atoms with Crippen molar-refractivity contribution in [3.05, 3.63) is 35.6 Å². The Morgan fingerprint density at radius 3 is 2.12 bits per heavy atom. The molecule has 1 fully saturated rings. The maximum absolute atomic E-state index is 13.0. The molecular formula is C19H29ClFN3O2. The van der Waals surface area contributed by atoms with Crippen LogP contribution in [0.4, 0.5) is 4.39 Å². The van der Waals surface area contributed by atoms with Crippen LogP contribution in [0.25, 0.3) is 0 Å². The molecule has 0 atom stereocenters. The van der Waals surface area contributed by atoms with Crippen molar-refractivity contribution < 1.29 is 14.0 Å². The number of nitrogens with two attached hydrogens (primary N) is 1. The summed E-state index contributed by atoms with van der Waals surface area (Å²) in [7, 11) is 0. The van der Waals surface area contributed by atoms with E-state index in [1.807, 2.05) is 18.7 Å². The third-order valence-electron chi connectivity index (χ3n) is 5.36. The van der Waals surface area contributed by atoms with E-state index in [0.29, 0.717) is 51.1 Å². The molecule has 1 saturated heterocycles. The first-order valence-corrected chi connectivity index (χ1v) is 9.01. The molecule has 0 bridgehead atoms.